The Hall–Kier alpha value is -2.38. The van der Waals surface area contributed by atoms with E-state index in [-0.39, 0.29) is 0 Å². The zero-order chi connectivity index (χ0) is 20.6. The van der Waals surface area contributed by atoms with Gasteiger partial charge in [-0.1, -0.05) is 18.2 Å². The predicted octanol–water partition coefficient (Wildman–Crippen LogP) is 2.26. The van der Waals surface area contributed by atoms with E-state index in [2.05, 4.69) is 55.4 Å². The molecule has 3 rings (SSSR count). The van der Waals surface area contributed by atoms with E-state index < -0.39 is 0 Å². The zero-order valence-electron chi connectivity index (χ0n) is 18.1. The van der Waals surface area contributed by atoms with E-state index in [4.69, 9.17) is 14.8 Å². The van der Waals surface area contributed by atoms with Gasteiger partial charge < -0.3 is 15.4 Å². The Morgan fingerprint density at radius 1 is 1.17 bits per heavy atom. The number of nitrogens with zero attached hydrogens (tertiary/aromatic N) is 4. The normalized spacial score (nSPS) is 16.6. The number of aryl methyl sites for hydroxylation is 1. The summed E-state index contributed by atoms with van der Waals surface area (Å²) < 4.78 is 7.45. The second-order valence-corrected chi connectivity index (χ2v) is 7.47. The van der Waals surface area contributed by atoms with Crippen LogP contribution < -0.4 is 10.6 Å². The number of hydrogen-bond acceptors (Lipinski definition) is 4. The Morgan fingerprint density at radius 3 is 2.59 bits per heavy atom. The SMILES string of the molecule is CCNC(=NCc1c(C)nn(-c2ccccc2)c1C)NCC(C)N1CCOCC1. The van der Waals surface area contributed by atoms with Crippen LogP contribution in [-0.4, -0.2) is 66.1 Å². The number of hydrogen-bond donors (Lipinski definition) is 2. The minimum atomic E-state index is 0.437. The van der Waals surface area contributed by atoms with Crippen LogP contribution in [0.15, 0.2) is 35.3 Å². The number of rotatable bonds is 7. The largest absolute Gasteiger partial charge is 0.379 e. The molecule has 0 radical (unpaired) electrons. The second-order valence-electron chi connectivity index (χ2n) is 7.47. The minimum Gasteiger partial charge on any atom is -0.379 e. The number of guanidine groups is 1. The summed E-state index contributed by atoms with van der Waals surface area (Å²) in [5.41, 5.74) is 4.41. The molecule has 2 aromatic rings. The van der Waals surface area contributed by atoms with Crippen molar-refractivity contribution in [1.29, 1.82) is 0 Å². The average Bonchev–Trinajstić information content (AvgIpc) is 3.04. The van der Waals surface area contributed by atoms with Crippen LogP contribution in [0.1, 0.15) is 30.8 Å². The molecule has 1 atom stereocenters. The zero-order valence-corrected chi connectivity index (χ0v) is 18.1. The van der Waals surface area contributed by atoms with Gasteiger partial charge in [0.1, 0.15) is 0 Å². The van der Waals surface area contributed by atoms with Gasteiger partial charge in [-0.3, -0.25) is 4.90 Å². The highest BCUT2D eigenvalue weighted by atomic mass is 16.5. The molecular weight excluding hydrogens is 364 g/mol. The third-order valence-electron chi connectivity index (χ3n) is 5.42. The molecule has 158 valence electrons. The summed E-state index contributed by atoms with van der Waals surface area (Å²) in [6.45, 7) is 14.4. The Bertz CT molecular complexity index is 795. The van der Waals surface area contributed by atoms with Crippen molar-refractivity contribution in [1.82, 2.24) is 25.3 Å². The Labute approximate surface area is 174 Å². The molecule has 1 aromatic carbocycles. The maximum absolute atomic E-state index is 5.45. The Balaban J connectivity index is 1.66. The number of ether oxygens (including phenoxy) is 1. The van der Waals surface area contributed by atoms with Crippen LogP contribution in [0.2, 0.25) is 0 Å². The lowest BCUT2D eigenvalue weighted by Crippen LogP contribution is -2.49. The van der Waals surface area contributed by atoms with Crippen LogP contribution >= 0.6 is 0 Å². The molecule has 2 heterocycles. The topological polar surface area (TPSA) is 66.7 Å². The fourth-order valence-electron chi connectivity index (χ4n) is 3.62. The second kappa shape index (κ2) is 10.4. The third kappa shape index (κ3) is 5.58. The van der Waals surface area contributed by atoms with Crippen LogP contribution in [0.5, 0.6) is 0 Å². The Morgan fingerprint density at radius 2 is 1.90 bits per heavy atom. The average molecular weight is 399 g/mol. The first-order chi connectivity index (χ1) is 14.1. The molecule has 1 fully saturated rings. The third-order valence-corrected chi connectivity index (χ3v) is 5.42. The quantitative estimate of drug-likeness (QED) is 0.553. The predicted molar refractivity (Wildman–Crippen MR) is 118 cm³/mol. The minimum absolute atomic E-state index is 0.437. The van der Waals surface area contributed by atoms with Crippen molar-refractivity contribution in [3.8, 4) is 5.69 Å². The van der Waals surface area contributed by atoms with Gasteiger partial charge in [0, 0.05) is 43.5 Å². The summed E-state index contributed by atoms with van der Waals surface area (Å²) >= 11 is 0. The van der Waals surface area contributed by atoms with E-state index in [0.717, 1.165) is 62.4 Å². The van der Waals surface area contributed by atoms with E-state index in [1.54, 1.807) is 0 Å². The molecule has 1 saturated heterocycles. The molecule has 29 heavy (non-hydrogen) atoms. The molecule has 0 aliphatic carbocycles. The van der Waals surface area contributed by atoms with Crippen molar-refractivity contribution in [3.63, 3.8) is 0 Å². The molecule has 2 N–H and O–H groups in total. The van der Waals surface area contributed by atoms with Gasteiger partial charge in [0.2, 0.25) is 0 Å². The van der Waals surface area contributed by atoms with Crippen LogP contribution in [0.4, 0.5) is 0 Å². The molecule has 7 nitrogen and oxygen atoms in total. The van der Waals surface area contributed by atoms with Gasteiger partial charge in [-0.15, -0.1) is 0 Å². The molecular formula is C22H34N6O. The van der Waals surface area contributed by atoms with E-state index in [0.29, 0.717) is 12.6 Å². The van der Waals surface area contributed by atoms with Gasteiger partial charge >= 0.3 is 0 Å². The van der Waals surface area contributed by atoms with Crippen molar-refractivity contribution >= 4 is 5.96 Å². The Kier molecular flexibility index (Phi) is 7.66. The monoisotopic (exact) mass is 398 g/mol. The van der Waals surface area contributed by atoms with E-state index in [1.165, 1.54) is 5.56 Å². The van der Waals surface area contributed by atoms with Crippen molar-refractivity contribution in [2.45, 2.75) is 40.3 Å². The summed E-state index contributed by atoms with van der Waals surface area (Å²) in [5.74, 6) is 0.846. The van der Waals surface area contributed by atoms with Crippen LogP contribution in [0.3, 0.4) is 0 Å². The molecule has 1 aliphatic rings. The fraction of sp³-hybridized carbons (Fsp3) is 0.545. The lowest BCUT2D eigenvalue weighted by Gasteiger charge is -2.32. The van der Waals surface area contributed by atoms with Gasteiger partial charge in [0.15, 0.2) is 5.96 Å². The summed E-state index contributed by atoms with van der Waals surface area (Å²) in [6.07, 6.45) is 0. The van der Waals surface area contributed by atoms with E-state index >= 15 is 0 Å². The first-order valence-corrected chi connectivity index (χ1v) is 10.5. The van der Waals surface area contributed by atoms with Crippen molar-refractivity contribution in [3.05, 3.63) is 47.3 Å². The number of morpholine rings is 1. The van der Waals surface area contributed by atoms with Gasteiger partial charge in [0.25, 0.3) is 0 Å². The molecule has 1 aromatic heterocycles. The van der Waals surface area contributed by atoms with E-state index in [1.807, 2.05) is 22.9 Å². The molecule has 1 unspecified atom stereocenters. The lowest BCUT2D eigenvalue weighted by molar-refractivity contribution is 0.0211. The number of benzene rings is 1. The van der Waals surface area contributed by atoms with E-state index in [9.17, 15) is 0 Å². The first-order valence-electron chi connectivity index (χ1n) is 10.5. The molecule has 0 spiro atoms. The van der Waals surface area contributed by atoms with Crippen LogP contribution in [0.25, 0.3) is 5.69 Å². The molecule has 1 aliphatic heterocycles. The maximum atomic E-state index is 5.45. The molecule has 0 saturated carbocycles. The summed E-state index contributed by atoms with van der Waals surface area (Å²) in [4.78, 5) is 7.28. The van der Waals surface area contributed by atoms with Gasteiger partial charge in [0.05, 0.1) is 31.1 Å². The summed E-state index contributed by atoms with van der Waals surface area (Å²) in [6, 6.07) is 10.7. The first kappa shape index (κ1) is 21.3. The van der Waals surface area contributed by atoms with Crippen molar-refractivity contribution in [2.24, 2.45) is 4.99 Å². The highest BCUT2D eigenvalue weighted by Crippen LogP contribution is 2.18. The van der Waals surface area contributed by atoms with Gasteiger partial charge in [-0.05, 0) is 39.8 Å². The fourth-order valence-corrected chi connectivity index (χ4v) is 3.62. The van der Waals surface area contributed by atoms with Crippen molar-refractivity contribution in [2.75, 3.05) is 39.4 Å². The highest BCUT2D eigenvalue weighted by molar-refractivity contribution is 5.79. The van der Waals surface area contributed by atoms with Gasteiger partial charge in [-0.25, -0.2) is 9.67 Å². The number of aromatic nitrogens is 2. The standard InChI is InChI=1S/C22H34N6O/c1-5-23-22(24-15-17(2)27-11-13-29-14-12-27)25-16-21-18(3)26-28(19(21)4)20-9-7-6-8-10-20/h6-10,17H,5,11-16H2,1-4H3,(H2,23,24,25). The molecule has 0 amide bonds. The van der Waals surface area contributed by atoms with Crippen LogP contribution in [0, 0.1) is 13.8 Å². The summed E-state index contributed by atoms with van der Waals surface area (Å²) in [7, 11) is 0. The summed E-state index contributed by atoms with van der Waals surface area (Å²) in [5, 5.41) is 11.6. The number of para-hydroxylation sites is 1. The van der Waals surface area contributed by atoms with Gasteiger partial charge in [-0.2, -0.15) is 5.10 Å². The van der Waals surface area contributed by atoms with Crippen LogP contribution in [-0.2, 0) is 11.3 Å². The number of nitrogens with one attached hydrogen (secondary N) is 2. The number of aliphatic imine (C=N–C) groups is 1. The molecule has 0 bridgehead atoms. The maximum Gasteiger partial charge on any atom is 0.191 e. The lowest BCUT2D eigenvalue weighted by atomic mass is 10.2. The van der Waals surface area contributed by atoms with Crippen molar-refractivity contribution < 1.29 is 4.74 Å². The molecule has 7 heteroatoms. The highest BCUT2D eigenvalue weighted by Gasteiger charge is 2.17. The smallest absolute Gasteiger partial charge is 0.191 e.